The van der Waals surface area contributed by atoms with Gasteiger partial charge in [-0.25, -0.2) is 0 Å². The van der Waals surface area contributed by atoms with Crippen LogP contribution in [-0.2, 0) is 4.74 Å². The molecule has 2 atom stereocenters. The molecule has 1 aliphatic rings. The molecule has 0 spiro atoms. The van der Waals surface area contributed by atoms with Crippen LogP contribution in [0.25, 0.3) is 0 Å². The molecular weight excluding hydrogens is 258 g/mol. The first kappa shape index (κ1) is 19.0. The topological polar surface area (TPSA) is 15.8 Å². The molecular formula is C19H39NO. The molecule has 1 rings (SSSR count). The highest BCUT2D eigenvalue weighted by molar-refractivity contribution is 4.96. The second kappa shape index (κ2) is 10.6. The maximum absolute atomic E-state index is 5.79. The Morgan fingerprint density at radius 1 is 0.762 bits per heavy atom. The largest absolute Gasteiger partial charge is 0.350 e. The lowest BCUT2D eigenvalue weighted by molar-refractivity contribution is 0.150. The Hall–Kier alpha value is -0.0800. The average molecular weight is 298 g/mol. The number of nitrogens with zero attached hydrogens (tertiary/aromatic N) is 1. The standard InChI is InChI=1S/C19H39NO/c1-5-6-7-8-9-10-11-12-13-14-15-16-17-18-19(2,21-18)20(3)4/h18H,5-17H2,1-4H3. The van der Waals surface area contributed by atoms with Crippen LogP contribution in [0.3, 0.4) is 0 Å². The lowest BCUT2D eigenvalue weighted by atomic mass is 10.0. The van der Waals surface area contributed by atoms with E-state index in [1.807, 2.05) is 0 Å². The highest BCUT2D eigenvalue weighted by Gasteiger charge is 2.53. The normalized spacial score (nSPS) is 24.7. The van der Waals surface area contributed by atoms with Crippen LogP contribution >= 0.6 is 0 Å². The summed E-state index contributed by atoms with van der Waals surface area (Å²) >= 11 is 0. The van der Waals surface area contributed by atoms with E-state index in [-0.39, 0.29) is 5.72 Å². The molecule has 2 nitrogen and oxygen atoms in total. The van der Waals surface area contributed by atoms with Crippen LogP contribution in [0.2, 0.25) is 0 Å². The molecule has 1 fully saturated rings. The van der Waals surface area contributed by atoms with E-state index in [1.54, 1.807) is 0 Å². The predicted molar refractivity (Wildman–Crippen MR) is 92.7 cm³/mol. The highest BCUT2D eigenvalue weighted by atomic mass is 16.6. The summed E-state index contributed by atoms with van der Waals surface area (Å²) in [5.74, 6) is 0. The average Bonchev–Trinajstić information content (AvgIpc) is 3.12. The van der Waals surface area contributed by atoms with Gasteiger partial charge in [0.1, 0.15) is 11.8 Å². The van der Waals surface area contributed by atoms with Crippen molar-refractivity contribution in [1.29, 1.82) is 0 Å². The Kier molecular flexibility index (Phi) is 9.59. The summed E-state index contributed by atoms with van der Waals surface area (Å²) in [6, 6.07) is 0. The number of epoxide rings is 1. The zero-order chi connectivity index (χ0) is 15.6. The summed E-state index contributed by atoms with van der Waals surface area (Å²) in [7, 11) is 4.23. The quantitative estimate of drug-likeness (QED) is 0.299. The first-order chi connectivity index (χ1) is 10.1. The zero-order valence-electron chi connectivity index (χ0n) is 15.1. The van der Waals surface area contributed by atoms with Crippen molar-refractivity contribution in [2.45, 2.75) is 109 Å². The van der Waals surface area contributed by atoms with E-state index in [4.69, 9.17) is 4.74 Å². The number of rotatable bonds is 14. The molecule has 21 heavy (non-hydrogen) atoms. The summed E-state index contributed by atoms with van der Waals surface area (Å²) in [6.07, 6.45) is 18.8. The van der Waals surface area contributed by atoms with Gasteiger partial charge in [-0.1, -0.05) is 84.0 Å². The van der Waals surface area contributed by atoms with Crippen molar-refractivity contribution in [3.63, 3.8) is 0 Å². The van der Waals surface area contributed by atoms with Crippen LogP contribution in [0.1, 0.15) is 97.3 Å². The van der Waals surface area contributed by atoms with E-state index in [1.165, 1.54) is 83.5 Å². The molecule has 0 aromatic heterocycles. The fourth-order valence-corrected chi connectivity index (χ4v) is 3.14. The molecule has 126 valence electrons. The van der Waals surface area contributed by atoms with Gasteiger partial charge in [0.15, 0.2) is 0 Å². The van der Waals surface area contributed by atoms with Gasteiger partial charge in [0.25, 0.3) is 0 Å². The van der Waals surface area contributed by atoms with Crippen LogP contribution in [0.5, 0.6) is 0 Å². The molecule has 0 aromatic rings. The van der Waals surface area contributed by atoms with Crippen LogP contribution < -0.4 is 0 Å². The minimum Gasteiger partial charge on any atom is -0.350 e. The van der Waals surface area contributed by atoms with Gasteiger partial charge >= 0.3 is 0 Å². The zero-order valence-corrected chi connectivity index (χ0v) is 15.1. The van der Waals surface area contributed by atoms with Crippen molar-refractivity contribution in [2.24, 2.45) is 0 Å². The van der Waals surface area contributed by atoms with Crippen LogP contribution in [0.15, 0.2) is 0 Å². The lowest BCUT2D eigenvalue weighted by Gasteiger charge is -2.15. The molecule has 0 N–H and O–H groups in total. The van der Waals surface area contributed by atoms with E-state index in [2.05, 4.69) is 32.8 Å². The van der Waals surface area contributed by atoms with Gasteiger partial charge in [0.05, 0.1) is 0 Å². The van der Waals surface area contributed by atoms with Crippen molar-refractivity contribution in [3.05, 3.63) is 0 Å². The molecule has 1 heterocycles. The van der Waals surface area contributed by atoms with Gasteiger partial charge in [-0.2, -0.15) is 0 Å². The third kappa shape index (κ3) is 7.65. The summed E-state index contributed by atoms with van der Waals surface area (Å²) < 4.78 is 5.79. The molecule has 0 bridgehead atoms. The SMILES string of the molecule is CCCCCCCCCCCCCCC1OC1(C)N(C)C. The number of hydrogen-bond donors (Lipinski definition) is 0. The lowest BCUT2D eigenvalue weighted by Crippen LogP contribution is -2.30. The van der Waals surface area contributed by atoms with Crippen molar-refractivity contribution in [2.75, 3.05) is 14.1 Å². The summed E-state index contributed by atoms with van der Waals surface area (Å²) in [5.41, 5.74) is 0.0395. The Labute approximate surface area is 133 Å². The van der Waals surface area contributed by atoms with Gasteiger partial charge in [-0.15, -0.1) is 0 Å². The molecule has 0 saturated carbocycles. The highest BCUT2D eigenvalue weighted by Crippen LogP contribution is 2.40. The van der Waals surface area contributed by atoms with Gasteiger partial charge in [-0.05, 0) is 27.4 Å². The summed E-state index contributed by atoms with van der Waals surface area (Å²) in [5, 5.41) is 0. The number of hydrogen-bond acceptors (Lipinski definition) is 2. The molecule has 0 radical (unpaired) electrons. The fraction of sp³-hybridized carbons (Fsp3) is 1.00. The molecule has 2 heteroatoms. The van der Waals surface area contributed by atoms with E-state index in [0.717, 1.165) is 0 Å². The van der Waals surface area contributed by atoms with Crippen LogP contribution in [0.4, 0.5) is 0 Å². The number of ether oxygens (including phenoxy) is 1. The minimum atomic E-state index is 0.0395. The maximum Gasteiger partial charge on any atom is 0.145 e. The van der Waals surface area contributed by atoms with E-state index >= 15 is 0 Å². The summed E-state index contributed by atoms with van der Waals surface area (Å²) in [4.78, 5) is 2.21. The monoisotopic (exact) mass is 297 g/mol. The molecule has 0 aliphatic carbocycles. The minimum absolute atomic E-state index is 0.0395. The Bertz CT molecular complexity index is 254. The maximum atomic E-state index is 5.79. The third-order valence-electron chi connectivity index (χ3n) is 5.13. The van der Waals surface area contributed by atoms with Gasteiger partial charge < -0.3 is 4.74 Å². The Balaban J connectivity index is 1.76. The van der Waals surface area contributed by atoms with Crippen molar-refractivity contribution >= 4 is 0 Å². The molecule has 0 amide bonds. The molecule has 1 saturated heterocycles. The van der Waals surface area contributed by atoms with Crippen molar-refractivity contribution < 1.29 is 4.74 Å². The second-order valence-electron chi connectivity index (χ2n) is 7.23. The van der Waals surface area contributed by atoms with Gasteiger partial charge in [0.2, 0.25) is 0 Å². The number of unbranched alkanes of at least 4 members (excludes halogenated alkanes) is 11. The molecule has 0 aromatic carbocycles. The van der Waals surface area contributed by atoms with Crippen LogP contribution in [-0.4, -0.2) is 30.8 Å². The van der Waals surface area contributed by atoms with Crippen molar-refractivity contribution in [1.82, 2.24) is 4.90 Å². The smallest absolute Gasteiger partial charge is 0.145 e. The number of likely N-dealkylation sites (N-methyl/N-ethyl adjacent to an activating group) is 1. The van der Waals surface area contributed by atoms with Gasteiger partial charge in [0, 0.05) is 0 Å². The van der Waals surface area contributed by atoms with Crippen molar-refractivity contribution in [3.8, 4) is 0 Å². The first-order valence-corrected chi connectivity index (χ1v) is 9.46. The molecule has 2 unspecified atom stereocenters. The van der Waals surface area contributed by atoms with E-state index in [0.29, 0.717) is 6.10 Å². The Morgan fingerprint density at radius 3 is 1.57 bits per heavy atom. The predicted octanol–water partition coefficient (Wildman–Crippen LogP) is 5.75. The van der Waals surface area contributed by atoms with E-state index < -0.39 is 0 Å². The summed E-state index contributed by atoms with van der Waals surface area (Å²) in [6.45, 7) is 4.49. The molecule has 1 aliphatic heterocycles. The third-order valence-corrected chi connectivity index (χ3v) is 5.13. The van der Waals surface area contributed by atoms with E-state index in [9.17, 15) is 0 Å². The first-order valence-electron chi connectivity index (χ1n) is 9.46. The second-order valence-corrected chi connectivity index (χ2v) is 7.23. The van der Waals surface area contributed by atoms with Crippen LogP contribution in [0, 0.1) is 0 Å². The fourth-order valence-electron chi connectivity index (χ4n) is 3.14. The Morgan fingerprint density at radius 2 is 1.19 bits per heavy atom. The van der Waals surface area contributed by atoms with Gasteiger partial charge in [-0.3, -0.25) is 4.90 Å².